The predicted octanol–water partition coefficient (Wildman–Crippen LogP) is 3.94. The minimum absolute atomic E-state index is 0.164. The molecular weight excluding hydrogens is 318 g/mol. The maximum absolute atomic E-state index is 4.62. The Bertz CT molecular complexity index is 818. The van der Waals surface area contributed by atoms with Crippen molar-refractivity contribution in [2.45, 2.75) is 51.6 Å². The van der Waals surface area contributed by atoms with Crippen molar-refractivity contribution in [3.63, 3.8) is 0 Å². The van der Waals surface area contributed by atoms with Crippen LogP contribution in [0.4, 0.5) is 0 Å². The molecule has 0 aliphatic heterocycles. The molecule has 3 aromatic rings. The van der Waals surface area contributed by atoms with Crippen molar-refractivity contribution in [1.29, 1.82) is 0 Å². The molecule has 6 heteroatoms. The van der Waals surface area contributed by atoms with E-state index in [1.165, 1.54) is 29.1 Å². The van der Waals surface area contributed by atoms with E-state index >= 15 is 0 Å². The van der Waals surface area contributed by atoms with Crippen LogP contribution in [-0.4, -0.2) is 19.6 Å². The smallest absolute Gasteiger partial charge is 0.160 e. The van der Waals surface area contributed by atoms with Crippen LogP contribution in [0.3, 0.4) is 0 Å². The first-order valence-electron chi connectivity index (χ1n) is 8.70. The molecule has 126 valence electrons. The zero-order chi connectivity index (χ0) is 16.5. The van der Waals surface area contributed by atoms with Gasteiger partial charge in [0.05, 0.1) is 11.0 Å². The van der Waals surface area contributed by atoms with Gasteiger partial charge >= 0.3 is 0 Å². The number of rotatable bonds is 6. The Morgan fingerprint density at radius 3 is 2.92 bits per heavy atom. The molecule has 5 nitrogen and oxygen atoms in total. The minimum Gasteiger partial charge on any atom is -0.302 e. The lowest BCUT2D eigenvalue weighted by atomic mass is 9.86. The number of nitrogens with one attached hydrogen (secondary N) is 1. The van der Waals surface area contributed by atoms with Gasteiger partial charge in [-0.2, -0.15) is 0 Å². The van der Waals surface area contributed by atoms with Crippen LogP contribution in [0.15, 0.2) is 30.6 Å². The molecule has 3 aromatic heterocycles. The number of aromatic nitrogens is 4. The van der Waals surface area contributed by atoms with Crippen molar-refractivity contribution >= 4 is 17.0 Å². The quantitative estimate of drug-likeness (QED) is 0.738. The van der Waals surface area contributed by atoms with Gasteiger partial charge in [-0.1, -0.05) is 26.3 Å². The molecular formula is C18H23N5S. The third kappa shape index (κ3) is 2.96. The molecule has 0 radical (unpaired) electrons. The van der Waals surface area contributed by atoms with Crippen LogP contribution in [0.1, 0.15) is 60.8 Å². The van der Waals surface area contributed by atoms with Crippen molar-refractivity contribution in [1.82, 2.24) is 24.9 Å². The molecule has 1 atom stereocenters. The van der Waals surface area contributed by atoms with E-state index < -0.39 is 0 Å². The highest BCUT2D eigenvalue weighted by atomic mass is 32.1. The number of hydrogen-bond acceptors (Lipinski definition) is 5. The summed E-state index contributed by atoms with van der Waals surface area (Å²) in [6.07, 6.45) is 8.03. The Hall–Kier alpha value is -1.79. The largest absolute Gasteiger partial charge is 0.302 e. The number of nitrogens with zero attached hydrogens (tertiary/aromatic N) is 4. The number of pyridine rings is 1. The van der Waals surface area contributed by atoms with Gasteiger partial charge in [0.25, 0.3) is 0 Å². The summed E-state index contributed by atoms with van der Waals surface area (Å²) in [5.74, 6) is 2.12. The van der Waals surface area contributed by atoms with E-state index in [0.717, 1.165) is 18.0 Å². The molecule has 4 rings (SSSR count). The average Bonchev–Trinajstić information content (AvgIpc) is 3.13. The van der Waals surface area contributed by atoms with Crippen LogP contribution in [0.2, 0.25) is 0 Å². The Balaban J connectivity index is 1.50. The van der Waals surface area contributed by atoms with Gasteiger partial charge in [-0.05, 0) is 30.9 Å². The van der Waals surface area contributed by atoms with E-state index in [1.54, 1.807) is 0 Å². The normalized spacial score (nSPS) is 16.6. The van der Waals surface area contributed by atoms with Gasteiger partial charge in [-0.15, -0.1) is 21.5 Å². The van der Waals surface area contributed by atoms with Crippen molar-refractivity contribution in [3.05, 3.63) is 46.3 Å². The fourth-order valence-electron chi connectivity index (χ4n) is 3.16. The van der Waals surface area contributed by atoms with Crippen LogP contribution in [0.25, 0.3) is 5.65 Å². The molecule has 1 N–H and O–H groups in total. The molecule has 0 unspecified atom stereocenters. The molecule has 0 amide bonds. The standard InChI is InChI=1S/C18H23N5S/c1-12(2)16(17-22-21-15-8-3-4-9-23(15)17)19-10-14-11-20-18(24-14)13-6-5-7-13/h3-4,8-9,11-13,16,19H,5-7,10H2,1-2H3/t16-/m1/s1. The van der Waals surface area contributed by atoms with Gasteiger partial charge in [0.15, 0.2) is 11.5 Å². The lowest BCUT2D eigenvalue weighted by molar-refractivity contribution is 0.391. The molecule has 1 fully saturated rings. The van der Waals surface area contributed by atoms with Crippen molar-refractivity contribution in [2.24, 2.45) is 5.92 Å². The summed E-state index contributed by atoms with van der Waals surface area (Å²) in [4.78, 5) is 5.92. The van der Waals surface area contributed by atoms with Gasteiger partial charge in [0, 0.05) is 29.7 Å². The third-order valence-corrected chi connectivity index (χ3v) is 5.97. The van der Waals surface area contributed by atoms with E-state index in [1.807, 2.05) is 41.9 Å². The molecule has 3 heterocycles. The second kappa shape index (κ2) is 6.61. The molecule has 0 aromatic carbocycles. The zero-order valence-corrected chi connectivity index (χ0v) is 15.0. The molecule has 1 saturated carbocycles. The summed E-state index contributed by atoms with van der Waals surface area (Å²) in [6.45, 7) is 5.26. The van der Waals surface area contributed by atoms with Crippen LogP contribution >= 0.6 is 11.3 Å². The number of thiazole rings is 1. The Morgan fingerprint density at radius 2 is 2.17 bits per heavy atom. The summed E-state index contributed by atoms with van der Waals surface area (Å²) < 4.78 is 2.07. The van der Waals surface area contributed by atoms with Crippen molar-refractivity contribution < 1.29 is 0 Å². The molecule has 24 heavy (non-hydrogen) atoms. The SMILES string of the molecule is CC(C)[C@@H](NCc1cnc(C2CCC2)s1)c1nnc2ccccn12. The lowest BCUT2D eigenvalue weighted by Gasteiger charge is -2.22. The predicted molar refractivity (Wildman–Crippen MR) is 96.1 cm³/mol. The first kappa shape index (κ1) is 15.7. The van der Waals surface area contributed by atoms with Gasteiger partial charge < -0.3 is 5.32 Å². The zero-order valence-electron chi connectivity index (χ0n) is 14.1. The number of hydrogen-bond donors (Lipinski definition) is 1. The Kier molecular flexibility index (Phi) is 4.33. The van der Waals surface area contributed by atoms with Crippen molar-refractivity contribution in [2.75, 3.05) is 0 Å². The first-order chi connectivity index (χ1) is 11.7. The van der Waals surface area contributed by atoms with E-state index in [4.69, 9.17) is 0 Å². The molecule has 0 saturated heterocycles. The summed E-state index contributed by atoms with van der Waals surface area (Å²) >= 11 is 1.85. The van der Waals surface area contributed by atoms with Crippen molar-refractivity contribution in [3.8, 4) is 0 Å². The fourth-order valence-corrected chi connectivity index (χ4v) is 4.19. The highest BCUT2D eigenvalue weighted by Crippen LogP contribution is 2.38. The average molecular weight is 341 g/mol. The third-order valence-electron chi connectivity index (χ3n) is 4.81. The monoisotopic (exact) mass is 341 g/mol. The summed E-state index contributed by atoms with van der Waals surface area (Å²) in [6, 6.07) is 6.16. The first-order valence-corrected chi connectivity index (χ1v) is 9.51. The number of fused-ring (bicyclic) bond motifs is 1. The van der Waals surface area contributed by atoms with Crippen LogP contribution in [-0.2, 0) is 6.54 Å². The second-order valence-corrected chi connectivity index (χ2v) is 8.03. The molecule has 0 bridgehead atoms. The highest BCUT2D eigenvalue weighted by Gasteiger charge is 2.24. The second-order valence-electron chi connectivity index (χ2n) is 6.88. The summed E-state index contributed by atoms with van der Waals surface area (Å²) in [5, 5.41) is 13.7. The highest BCUT2D eigenvalue weighted by molar-refractivity contribution is 7.11. The summed E-state index contributed by atoms with van der Waals surface area (Å²) in [5.41, 5.74) is 0.894. The maximum atomic E-state index is 4.62. The van der Waals surface area contributed by atoms with Gasteiger partial charge in [-0.25, -0.2) is 4.98 Å². The summed E-state index contributed by atoms with van der Waals surface area (Å²) in [7, 11) is 0. The topological polar surface area (TPSA) is 55.1 Å². The van der Waals surface area contributed by atoms with Crippen LogP contribution in [0, 0.1) is 5.92 Å². The van der Waals surface area contributed by atoms with E-state index in [-0.39, 0.29) is 6.04 Å². The molecule has 0 spiro atoms. The minimum atomic E-state index is 0.164. The maximum Gasteiger partial charge on any atom is 0.160 e. The van der Waals surface area contributed by atoms with Gasteiger partial charge in [-0.3, -0.25) is 4.40 Å². The van der Waals surface area contributed by atoms with E-state index in [9.17, 15) is 0 Å². The fraction of sp³-hybridized carbons (Fsp3) is 0.500. The Labute approximate surface area is 146 Å². The molecule has 1 aliphatic carbocycles. The van der Waals surface area contributed by atoms with Crippen LogP contribution in [0.5, 0.6) is 0 Å². The van der Waals surface area contributed by atoms with Crippen LogP contribution < -0.4 is 5.32 Å². The van der Waals surface area contributed by atoms with E-state index in [2.05, 4.69) is 38.7 Å². The van der Waals surface area contributed by atoms with Gasteiger partial charge in [0.1, 0.15) is 0 Å². The Morgan fingerprint density at radius 1 is 1.29 bits per heavy atom. The van der Waals surface area contributed by atoms with E-state index in [0.29, 0.717) is 11.8 Å². The van der Waals surface area contributed by atoms with Gasteiger partial charge in [0.2, 0.25) is 0 Å². The molecule has 1 aliphatic rings. The lowest BCUT2D eigenvalue weighted by Crippen LogP contribution is -2.27.